The second-order valence-electron chi connectivity index (χ2n) is 5.09. The Balaban J connectivity index is 2.58. The predicted octanol–water partition coefficient (Wildman–Crippen LogP) is 3.83. The molecule has 1 aromatic carbocycles. The summed E-state index contributed by atoms with van der Waals surface area (Å²) in [5.74, 6) is -0.295. The smallest absolute Gasteiger partial charge is 0.164 e. The second-order valence-corrected chi connectivity index (χ2v) is 5.09. The zero-order valence-corrected chi connectivity index (χ0v) is 12.4. The molecule has 19 heavy (non-hydrogen) atoms. The van der Waals surface area contributed by atoms with E-state index in [1.165, 1.54) is 6.07 Å². The monoisotopic (exact) mass is 265 g/mol. The molecule has 3 heteroatoms. The molecule has 0 aromatic heterocycles. The molecule has 0 saturated carbocycles. The molecule has 1 rings (SSSR count). The summed E-state index contributed by atoms with van der Waals surface area (Å²) in [6.45, 7) is 6.73. The molecule has 0 unspecified atom stereocenters. The van der Waals surface area contributed by atoms with E-state index in [9.17, 15) is 9.18 Å². The highest BCUT2D eigenvalue weighted by Crippen LogP contribution is 2.12. The Bertz CT molecular complexity index is 427. The van der Waals surface area contributed by atoms with Crippen LogP contribution in [0, 0.1) is 12.7 Å². The molecule has 0 amide bonds. The summed E-state index contributed by atoms with van der Waals surface area (Å²) in [7, 11) is 2.04. The predicted molar refractivity (Wildman–Crippen MR) is 77.1 cm³/mol. The number of hydrogen-bond donors (Lipinski definition) is 0. The maximum Gasteiger partial charge on any atom is 0.164 e. The van der Waals surface area contributed by atoms with Gasteiger partial charge < -0.3 is 4.90 Å². The lowest BCUT2D eigenvalue weighted by Crippen LogP contribution is -2.32. The third-order valence-corrected chi connectivity index (χ3v) is 3.75. The Kier molecular flexibility index (Phi) is 6.16. The van der Waals surface area contributed by atoms with Crippen molar-refractivity contribution in [2.45, 2.75) is 46.1 Å². The van der Waals surface area contributed by atoms with Crippen LogP contribution in [0.3, 0.4) is 0 Å². The van der Waals surface area contributed by atoms with Gasteiger partial charge in [-0.2, -0.15) is 0 Å². The van der Waals surface area contributed by atoms with Gasteiger partial charge in [0.15, 0.2) is 5.78 Å². The highest BCUT2D eigenvalue weighted by Gasteiger charge is 2.13. The molecule has 2 nitrogen and oxygen atoms in total. The molecule has 0 heterocycles. The number of hydrogen-bond acceptors (Lipinski definition) is 2. The fourth-order valence-electron chi connectivity index (χ4n) is 2.28. The molecule has 0 aliphatic carbocycles. The summed E-state index contributed by atoms with van der Waals surface area (Å²) in [4.78, 5) is 14.2. The lowest BCUT2D eigenvalue weighted by Gasteiger charge is -2.25. The zero-order valence-electron chi connectivity index (χ0n) is 12.4. The van der Waals surface area contributed by atoms with Gasteiger partial charge in [-0.15, -0.1) is 0 Å². The van der Waals surface area contributed by atoms with Crippen molar-refractivity contribution in [1.29, 1.82) is 0 Å². The first-order chi connectivity index (χ1) is 8.99. The largest absolute Gasteiger partial charge is 0.303 e. The van der Waals surface area contributed by atoms with Gasteiger partial charge in [-0.25, -0.2) is 4.39 Å². The van der Waals surface area contributed by atoms with Crippen molar-refractivity contribution >= 4 is 5.78 Å². The maximum absolute atomic E-state index is 13.4. The number of carbonyl (C=O) groups is 1. The molecule has 0 spiro atoms. The molecule has 0 aliphatic rings. The molecule has 106 valence electrons. The normalized spacial score (nSPS) is 11.3. The van der Waals surface area contributed by atoms with Crippen LogP contribution < -0.4 is 0 Å². The summed E-state index contributed by atoms with van der Waals surface area (Å²) >= 11 is 0. The Morgan fingerprint density at radius 3 is 2.47 bits per heavy atom. The van der Waals surface area contributed by atoms with E-state index in [4.69, 9.17) is 0 Å². The van der Waals surface area contributed by atoms with Crippen molar-refractivity contribution < 1.29 is 9.18 Å². The van der Waals surface area contributed by atoms with Gasteiger partial charge in [-0.1, -0.05) is 26.0 Å². The number of halogens is 1. The van der Waals surface area contributed by atoms with Crippen molar-refractivity contribution in [3.8, 4) is 0 Å². The fraction of sp³-hybridized carbons (Fsp3) is 0.562. The Labute approximate surface area is 115 Å². The van der Waals surface area contributed by atoms with Gasteiger partial charge >= 0.3 is 0 Å². The summed E-state index contributed by atoms with van der Waals surface area (Å²) in [5, 5.41) is 0. The fourth-order valence-corrected chi connectivity index (χ4v) is 2.28. The van der Waals surface area contributed by atoms with Crippen LogP contribution in [0.25, 0.3) is 0 Å². The summed E-state index contributed by atoms with van der Waals surface area (Å²) in [5.41, 5.74) is 1.05. The number of nitrogens with zero attached hydrogens (tertiary/aromatic N) is 1. The first kappa shape index (κ1) is 15.8. The quantitative estimate of drug-likeness (QED) is 0.698. The van der Waals surface area contributed by atoms with Crippen LogP contribution in [0.4, 0.5) is 4.39 Å². The Morgan fingerprint density at radius 1 is 1.32 bits per heavy atom. The molecule has 0 atom stereocenters. The lowest BCUT2D eigenvalue weighted by molar-refractivity contribution is 0.0958. The third kappa shape index (κ3) is 4.43. The molecule has 0 N–H and O–H groups in total. The van der Waals surface area contributed by atoms with Crippen LogP contribution in [0.1, 0.15) is 49.0 Å². The van der Waals surface area contributed by atoms with E-state index in [1.807, 2.05) is 7.05 Å². The average molecular weight is 265 g/mol. The van der Waals surface area contributed by atoms with Gasteiger partial charge in [0, 0.05) is 24.6 Å². The first-order valence-electron chi connectivity index (χ1n) is 6.99. The van der Waals surface area contributed by atoms with E-state index in [0.717, 1.165) is 19.4 Å². The minimum absolute atomic E-state index is 0.0108. The van der Waals surface area contributed by atoms with E-state index >= 15 is 0 Å². The molecular formula is C16H24FNO. The molecule has 0 fully saturated rings. The number of ketones is 1. The first-order valence-corrected chi connectivity index (χ1v) is 6.99. The summed E-state index contributed by atoms with van der Waals surface area (Å²) < 4.78 is 13.4. The van der Waals surface area contributed by atoms with Gasteiger partial charge in [0.05, 0.1) is 0 Å². The number of Topliss-reactive ketones (excluding diaryl/α,β-unsaturated/α-hetero) is 1. The minimum Gasteiger partial charge on any atom is -0.303 e. The highest BCUT2D eigenvalue weighted by atomic mass is 19.1. The van der Waals surface area contributed by atoms with E-state index in [0.29, 0.717) is 23.6 Å². The van der Waals surface area contributed by atoms with Crippen LogP contribution >= 0.6 is 0 Å². The van der Waals surface area contributed by atoms with Gasteiger partial charge in [-0.3, -0.25) is 4.79 Å². The zero-order chi connectivity index (χ0) is 14.4. The number of benzene rings is 1. The van der Waals surface area contributed by atoms with E-state index in [2.05, 4.69) is 18.7 Å². The van der Waals surface area contributed by atoms with Crippen LogP contribution in [-0.2, 0) is 0 Å². The second kappa shape index (κ2) is 7.39. The van der Waals surface area contributed by atoms with Crippen LogP contribution in [0.5, 0.6) is 0 Å². The van der Waals surface area contributed by atoms with Crippen molar-refractivity contribution in [3.05, 3.63) is 35.1 Å². The number of aryl methyl sites for hydroxylation is 1. The standard InChI is InChI=1S/C16H24FNO/c1-5-14(6-2)18(4)10-9-16(19)13-8-7-12(3)15(17)11-13/h7-8,11,14H,5-6,9-10H2,1-4H3. The van der Waals surface area contributed by atoms with Gasteiger partial charge in [-0.05, 0) is 38.4 Å². The van der Waals surface area contributed by atoms with Gasteiger partial charge in [0.1, 0.15) is 5.82 Å². The molecule has 0 bridgehead atoms. The van der Waals surface area contributed by atoms with Crippen LogP contribution in [0.2, 0.25) is 0 Å². The minimum atomic E-state index is -0.306. The lowest BCUT2D eigenvalue weighted by atomic mass is 10.0. The number of carbonyl (C=O) groups excluding carboxylic acids is 1. The van der Waals surface area contributed by atoms with Gasteiger partial charge in [0.2, 0.25) is 0 Å². The summed E-state index contributed by atoms with van der Waals surface area (Å²) in [6, 6.07) is 5.22. The maximum atomic E-state index is 13.4. The topological polar surface area (TPSA) is 20.3 Å². The SMILES string of the molecule is CCC(CC)N(C)CCC(=O)c1ccc(C)c(F)c1. The van der Waals surface area contributed by atoms with E-state index in [-0.39, 0.29) is 11.6 Å². The number of rotatable bonds is 7. The van der Waals surface area contributed by atoms with Crippen LogP contribution in [-0.4, -0.2) is 30.3 Å². The molecular weight excluding hydrogens is 241 g/mol. The van der Waals surface area contributed by atoms with Crippen molar-refractivity contribution in [3.63, 3.8) is 0 Å². The molecule has 0 radical (unpaired) electrons. The Hall–Kier alpha value is -1.22. The molecule has 1 aromatic rings. The van der Waals surface area contributed by atoms with Crippen LogP contribution in [0.15, 0.2) is 18.2 Å². The highest BCUT2D eigenvalue weighted by molar-refractivity contribution is 5.96. The van der Waals surface area contributed by atoms with Crippen molar-refractivity contribution in [2.75, 3.05) is 13.6 Å². The van der Waals surface area contributed by atoms with E-state index < -0.39 is 0 Å². The van der Waals surface area contributed by atoms with Crippen molar-refractivity contribution in [1.82, 2.24) is 4.90 Å². The molecule has 0 aliphatic heterocycles. The summed E-state index contributed by atoms with van der Waals surface area (Å²) in [6.07, 6.45) is 2.61. The Morgan fingerprint density at radius 2 is 1.95 bits per heavy atom. The molecule has 0 saturated heterocycles. The third-order valence-electron chi connectivity index (χ3n) is 3.75. The average Bonchev–Trinajstić information content (AvgIpc) is 2.40. The van der Waals surface area contributed by atoms with Crippen molar-refractivity contribution in [2.24, 2.45) is 0 Å². The van der Waals surface area contributed by atoms with E-state index in [1.54, 1.807) is 19.1 Å². The van der Waals surface area contributed by atoms with Gasteiger partial charge in [0.25, 0.3) is 0 Å².